The highest BCUT2D eigenvalue weighted by atomic mass is 16.1. The lowest BCUT2D eigenvalue weighted by molar-refractivity contribution is 0.0935. The molecule has 66 valence electrons. The molecule has 1 rings (SSSR count). The van der Waals surface area contributed by atoms with Crippen LogP contribution in [0.4, 0.5) is 0 Å². The van der Waals surface area contributed by atoms with Gasteiger partial charge < -0.3 is 4.98 Å². The summed E-state index contributed by atoms with van der Waals surface area (Å²) >= 11 is 0. The molecule has 2 nitrogen and oxygen atoms in total. The Kier molecular flexibility index (Phi) is 2.36. The second kappa shape index (κ2) is 3.13. The number of H-pyrrole nitrogens is 1. The number of rotatable bonds is 2. The Morgan fingerprint density at radius 2 is 2.17 bits per heavy atom. The van der Waals surface area contributed by atoms with Crippen molar-refractivity contribution in [2.24, 2.45) is 5.41 Å². The third-order valence-electron chi connectivity index (χ3n) is 1.59. The van der Waals surface area contributed by atoms with E-state index in [0.717, 1.165) is 0 Å². The van der Waals surface area contributed by atoms with Crippen LogP contribution in [0.1, 0.15) is 37.7 Å². The van der Waals surface area contributed by atoms with Gasteiger partial charge in [-0.25, -0.2) is 0 Å². The summed E-state index contributed by atoms with van der Waals surface area (Å²) in [5, 5.41) is 0. The Balaban J connectivity index is 2.63. The number of aromatic amines is 1. The first-order valence-electron chi connectivity index (χ1n) is 4.16. The average molecular weight is 165 g/mol. The minimum Gasteiger partial charge on any atom is -0.359 e. The standard InChI is InChI=1S/C10H15NO/c1-10(2,3)7-9(12)8-5-4-6-11-8/h4-6,11H,7H2,1-3H3. The number of Topliss-reactive ketones (excluding diaryl/α,β-unsaturated/α-hetero) is 1. The van der Waals surface area contributed by atoms with Crippen LogP contribution in [0.2, 0.25) is 0 Å². The van der Waals surface area contributed by atoms with Gasteiger partial charge in [0.05, 0.1) is 5.69 Å². The van der Waals surface area contributed by atoms with Gasteiger partial charge in [-0.3, -0.25) is 4.79 Å². The lowest BCUT2D eigenvalue weighted by Gasteiger charge is -2.15. The molecule has 0 saturated carbocycles. The molecule has 1 N–H and O–H groups in total. The van der Waals surface area contributed by atoms with Crippen LogP contribution in [-0.2, 0) is 0 Å². The molecule has 0 aliphatic rings. The Labute approximate surface area is 73.0 Å². The van der Waals surface area contributed by atoms with E-state index >= 15 is 0 Å². The van der Waals surface area contributed by atoms with Crippen molar-refractivity contribution in [3.05, 3.63) is 24.0 Å². The third kappa shape index (κ3) is 2.53. The Hall–Kier alpha value is -1.05. The summed E-state index contributed by atoms with van der Waals surface area (Å²) in [6, 6.07) is 3.66. The number of aromatic nitrogens is 1. The van der Waals surface area contributed by atoms with E-state index in [-0.39, 0.29) is 11.2 Å². The first-order chi connectivity index (χ1) is 5.49. The summed E-state index contributed by atoms with van der Waals surface area (Å²) in [5.74, 6) is 0.188. The highest BCUT2D eigenvalue weighted by Crippen LogP contribution is 2.20. The highest BCUT2D eigenvalue weighted by molar-refractivity contribution is 5.94. The molecule has 0 fully saturated rings. The van der Waals surface area contributed by atoms with Gasteiger partial charge in [-0.05, 0) is 17.5 Å². The van der Waals surface area contributed by atoms with Gasteiger partial charge >= 0.3 is 0 Å². The maximum atomic E-state index is 11.5. The van der Waals surface area contributed by atoms with Crippen LogP contribution in [0.15, 0.2) is 18.3 Å². The molecule has 0 aliphatic heterocycles. The largest absolute Gasteiger partial charge is 0.359 e. The summed E-state index contributed by atoms with van der Waals surface area (Å²) in [7, 11) is 0. The molecule has 0 unspecified atom stereocenters. The van der Waals surface area contributed by atoms with Crippen molar-refractivity contribution in [2.45, 2.75) is 27.2 Å². The van der Waals surface area contributed by atoms with Gasteiger partial charge in [-0.15, -0.1) is 0 Å². The normalized spacial score (nSPS) is 11.6. The molecule has 0 bridgehead atoms. The lowest BCUT2D eigenvalue weighted by atomic mass is 9.89. The second-order valence-electron chi connectivity index (χ2n) is 4.24. The molecule has 0 aliphatic carbocycles. The van der Waals surface area contributed by atoms with E-state index < -0.39 is 0 Å². The average Bonchev–Trinajstić information content (AvgIpc) is 2.32. The van der Waals surface area contributed by atoms with E-state index in [2.05, 4.69) is 25.8 Å². The molecule has 1 heterocycles. The second-order valence-corrected chi connectivity index (χ2v) is 4.24. The highest BCUT2D eigenvalue weighted by Gasteiger charge is 2.17. The van der Waals surface area contributed by atoms with Crippen molar-refractivity contribution in [1.29, 1.82) is 0 Å². The monoisotopic (exact) mass is 165 g/mol. The first kappa shape index (κ1) is 9.04. The fourth-order valence-electron chi connectivity index (χ4n) is 1.08. The molecule has 2 heteroatoms. The van der Waals surface area contributed by atoms with Crippen molar-refractivity contribution >= 4 is 5.78 Å². The van der Waals surface area contributed by atoms with E-state index in [4.69, 9.17) is 0 Å². The number of nitrogens with one attached hydrogen (secondary N) is 1. The van der Waals surface area contributed by atoms with Gasteiger partial charge in [0.2, 0.25) is 0 Å². The van der Waals surface area contributed by atoms with Crippen LogP contribution in [0.3, 0.4) is 0 Å². The molecule has 0 aromatic carbocycles. The molecule has 0 radical (unpaired) electrons. The Bertz CT molecular complexity index is 254. The molecule has 0 amide bonds. The zero-order valence-electron chi connectivity index (χ0n) is 7.85. The maximum Gasteiger partial charge on any atom is 0.179 e. The van der Waals surface area contributed by atoms with Crippen LogP contribution in [0.25, 0.3) is 0 Å². The van der Waals surface area contributed by atoms with E-state index in [1.54, 1.807) is 6.20 Å². The Morgan fingerprint density at radius 3 is 2.58 bits per heavy atom. The molecule has 0 spiro atoms. The predicted octanol–water partition coefficient (Wildman–Crippen LogP) is 2.63. The van der Waals surface area contributed by atoms with Crippen LogP contribution >= 0.6 is 0 Å². The van der Waals surface area contributed by atoms with E-state index in [1.807, 2.05) is 12.1 Å². The summed E-state index contributed by atoms with van der Waals surface area (Å²) in [5.41, 5.74) is 0.785. The molecule has 0 atom stereocenters. The zero-order chi connectivity index (χ0) is 9.19. The van der Waals surface area contributed by atoms with Gasteiger partial charge in [0.25, 0.3) is 0 Å². The summed E-state index contributed by atoms with van der Waals surface area (Å²) in [6.07, 6.45) is 2.36. The number of carbonyl (C=O) groups excluding carboxylic acids is 1. The van der Waals surface area contributed by atoms with Crippen LogP contribution in [0, 0.1) is 5.41 Å². The lowest BCUT2D eigenvalue weighted by Crippen LogP contribution is -2.13. The van der Waals surface area contributed by atoms with Gasteiger partial charge in [0.1, 0.15) is 0 Å². The molecule has 1 aromatic heterocycles. The molecule has 12 heavy (non-hydrogen) atoms. The van der Waals surface area contributed by atoms with Crippen molar-refractivity contribution < 1.29 is 4.79 Å². The van der Waals surface area contributed by atoms with Crippen LogP contribution in [-0.4, -0.2) is 10.8 Å². The molecular formula is C10H15NO. The van der Waals surface area contributed by atoms with Crippen LogP contribution < -0.4 is 0 Å². The minimum atomic E-state index is 0.0716. The van der Waals surface area contributed by atoms with Crippen LogP contribution in [0.5, 0.6) is 0 Å². The van der Waals surface area contributed by atoms with E-state index in [9.17, 15) is 4.79 Å². The van der Waals surface area contributed by atoms with Gasteiger partial charge in [-0.1, -0.05) is 20.8 Å². The number of ketones is 1. The smallest absolute Gasteiger partial charge is 0.179 e. The molecule has 1 aromatic rings. The van der Waals surface area contributed by atoms with E-state index in [1.165, 1.54) is 0 Å². The topological polar surface area (TPSA) is 32.9 Å². The van der Waals surface area contributed by atoms with Crippen molar-refractivity contribution in [3.63, 3.8) is 0 Å². The van der Waals surface area contributed by atoms with Crippen molar-refractivity contribution in [2.75, 3.05) is 0 Å². The van der Waals surface area contributed by atoms with Crippen molar-refractivity contribution in [3.8, 4) is 0 Å². The Morgan fingerprint density at radius 1 is 1.50 bits per heavy atom. The number of hydrogen-bond donors (Lipinski definition) is 1. The van der Waals surface area contributed by atoms with Gasteiger partial charge in [0.15, 0.2) is 5.78 Å². The van der Waals surface area contributed by atoms with Gasteiger partial charge in [0, 0.05) is 12.6 Å². The fraction of sp³-hybridized carbons (Fsp3) is 0.500. The predicted molar refractivity (Wildman–Crippen MR) is 49.2 cm³/mol. The number of carbonyl (C=O) groups is 1. The van der Waals surface area contributed by atoms with Gasteiger partial charge in [-0.2, -0.15) is 0 Å². The molecule has 0 saturated heterocycles. The summed E-state index contributed by atoms with van der Waals surface area (Å²) in [6.45, 7) is 6.19. The minimum absolute atomic E-state index is 0.0716. The molecular weight excluding hydrogens is 150 g/mol. The quantitative estimate of drug-likeness (QED) is 0.671. The van der Waals surface area contributed by atoms with E-state index in [0.29, 0.717) is 12.1 Å². The fourth-order valence-corrected chi connectivity index (χ4v) is 1.08. The number of hydrogen-bond acceptors (Lipinski definition) is 1. The third-order valence-corrected chi connectivity index (χ3v) is 1.59. The zero-order valence-corrected chi connectivity index (χ0v) is 7.85. The van der Waals surface area contributed by atoms with Crippen molar-refractivity contribution in [1.82, 2.24) is 4.98 Å². The SMILES string of the molecule is CC(C)(C)CC(=O)c1ccc[nH]1. The summed E-state index contributed by atoms with van der Waals surface area (Å²) in [4.78, 5) is 14.4. The maximum absolute atomic E-state index is 11.5. The summed E-state index contributed by atoms with van der Waals surface area (Å²) < 4.78 is 0. The first-order valence-corrected chi connectivity index (χ1v) is 4.16.